The molecule has 122 valence electrons. The molecule has 0 aliphatic carbocycles. The van der Waals surface area contributed by atoms with Crippen LogP contribution >= 0.6 is 0 Å². The van der Waals surface area contributed by atoms with Crippen LogP contribution in [0.25, 0.3) is 0 Å². The first-order valence-electron chi connectivity index (χ1n) is 7.71. The molecule has 0 heterocycles. The van der Waals surface area contributed by atoms with Crippen molar-refractivity contribution in [2.75, 3.05) is 6.54 Å². The van der Waals surface area contributed by atoms with Gasteiger partial charge in [0.05, 0.1) is 0 Å². The third-order valence-corrected chi connectivity index (χ3v) is 3.85. The van der Waals surface area contributed by atoms with Crippen molar-refractivity contribution in [3.63, 3.8) is 0 Å². The summed E-state index contributed by atoms with van der Waals surface area (Å²) in [6.07, 6.45) is 2.21. The molecule has 0 aliphatic rings. The van der Waals surface area contributed by atoms with Gasteiger partial charge in [-0.1, -0.05) is 51.1 Å². The molecule has 0 fully saturated rings. The molecule has 0 bridgehead atoms. The largest absolute Gasteiger partial charge is 0.481 e. The maximum Gasteiger partial charge on any atom is 0.315 e. The predicted molar refractivity (Wildman–Crippen MR) is 87.7 cm³/mol. The number of hydrogen-bond donors (Lipinski definition) is 2. The van der Waals surface area contributed by atoms with Crippen LogP contribution in [-0.4, -0.2) is 23.5 Å². The van der Waals surface area contributed by atoms with E-state index in [-0.39, 0.29) is 17.9 Å². The van der Waals surface area contributed by atoms with Crippen molar-refractivity contribution in [3.8, 4) is 0 Å². The maximum absolute atomic E-state index is 11.9. The summed E-state index contributed by atoms with van der Waals surface area (Å²) in [6, 6.07) is 9.01. The zero-order valence-electron chi connectivity index (χ0n) is 14.0. The Labute approximate surface area is 132 Å². The van der Waals surface area contributed by atoms with Crippen molar-refractivity contribution < 1.29 is 14.7 Å². The van der Waals surface area contributed by atoms with Crippen LogP contribution in [-0.2, 0) is 15.0 Å². The van der Waals surface area contributed by atoms with Crippen LogP contribution in [0.2, 0.25) is 0 Å². The molecule has 2 N–H and O–H groups in total. The lowest BCUT2D eigenvalue weighted by molar-refractivity contribution is -0.143. The van der Waals surface area contributed by atoms with Gasteiger partial charge in [-0.05, 0) is 30.7 Å². The van der Waals surface area contributed by atoms with Crippen molar-refractivity contribution in [3.05, 3.63) is 35.9 Å². The highest BCUT2D eigenvalue weighted by Gasteiger charge is 2.35. The lowest BCUT2D eigenvalue weighted by Crippen LogP contribution is -2.44. The number of nitrogens with one attached hydrogen (secondary N) is 1. The Morgan fingerprint density at radius 3 is 2.18 bits per heavy atom. The van der Waals surface area contributed by atoms with E-state index in [1.54, 1.807) is 19.1 Å². The molecule has 0 spiro atoms. The maximum atomic E-state index is 11.9. The highest BCUT2D eigenvalue weighted by molar-refractivity contribution is 5.83. The van der Waals surface area contributed by atoms with Crippen molar-refractivity contribution in [2.45, 2.75) is 52.4 Å². The van der Waals surface area contributed by atoms with Gasteiger partial charge in [0.2, 0.25) is 5.91 Å². The molecule has 0 saturated carbocycles. The number of carbonyl (C=O) groups excluding carboxylic acids is 1. The average Bonchev–Trinajstić information content (AvgIpc) is 2.44. The standard InChI is InChI=1S/C18H27NO3/c1-17(2,3)12-8-11-15(20)19-13-18(4,16(21)22)14-9-6-5-7-10-14/h5-7,9-10H,8,11-13H2,1-4H3,(H,19,20)(H,21,22). The summed E-state index contributed by atoms with van der Waals surface area (Å²) in [7, 11) is 0. The van der Waals surface area contributed by atoms with Gasteiger partial charge in [-0.2, -0.15) is 0 Å². The fourth-order valence-corrected chi connectivity index (χ4v) is 2.25. The number of benzene rings is 1. The Morgan fingerprint density at radius 1 is 1.09 bits per heavy atom. The average molecular weight is 305 g/mol. The smallest absolute Gasteiger partial charge is 0.315 e. The molecule has 1 atom stereocenters. The van der Waals surface area contributed by atoms with Gasteiger partial charge >= 0.3 is 5.97 Å². The zero-order chi connectivity index (χ0) is 16.8. The highest BCUT2D eigenvalue weighted by atomic mass is 16.4. The van der Waals surface area contributed by atoms with Gasteiger partial charge in [-0.25, -0.2) is 0 Å². The first-order chi connectivity index (χ1) is 10.1. The Hall–Kier alpha value is -1.84. The summed E-state index contributed by atoms with van der Waals surface area (Å²) < 4.78 is 0. The van der Waals surface area contributed by atoms with Crippen molar-refractivity contribution in [1.29, 1.82) is 0 Å². The van der Waals surface area contributed by atoms with Crippen LogP contribution < -0.4 is 5.32 Å². The quantitative estimate of drug-likeness (QED) is 0.811. The van der Waals surface area contributed by atoms with Gasteiger partial charge in [0, 0.05) is 13.0 Å². The number of aliphatic carboxylic acids is 1. The van der Waals surface area contributed by atoms with Crippen LogP contribution in [0.4, 0.5) is 0 Å². The second-order valence-corrected chi connectivity index (χ2v) is 7.19. The van der Waals surface area contributed by atoms with E-state index in [4.69, 9.17) is 0 Å². The van der Waals surface area contributed by atoms with E-state index in [0.717, 1.165) is 12.8 Å². The molecule has 1 unspecified atom stereocenters. The molecular weight excluding hydrogens is 278 g/mol. The molecule has 22 heavy (non-hydrogen) atoms. The molecule has 0 aliphatic heterocycles. The van der Waals surface area contributed by atoms with Gasteiger partial charge in [0.1, 0.15) is 5.41 Å². The molecule has 4 heteroatoms. The zero-order valence-corrected chi connectivity index (χ0v) is 14.0. The molecule has 0 saturated heterocycles. The molecule has 1 aromatic rings. The van der Waals surface area contributed by atoms with Crippen LogP contribution in [0.15, 0.2) is 30.3 Å². The minimum Gasteiger partial charge on any atom is -0.481 e. The summed E-state index contributed by atoms with van der Waals surface area (Å²) in [5, 5.41) is 12.3. The Kier molecular flexibility index (Phi) is 6.15. The number of rotatable bonds is 7. The minimum atomic E-state index is -1.11. The van der Waals surface area contributed by atoms with Gasteiger partial charge in [-0.3, -0.25) is 9.59 Å². The summed E-state index contributed by atoms with van der Waals surface area (Å²) in [5.74, 6) is -1.03. The normalized spacial score (nSPS) is 14.2. The molecule has 4 nitrogen and oxygen atoms in total. The fraction of sp³-hybridized carbons (Fsp3) is 0.556. The first kappa shape index (κ1) is 18.2. The van der Waals surface area contributed by atoms with Crippen molar-refractivity contribution in [1.82, 2.24) is 5.32 Å². The molecule has 1 aromatic carbocycles. The van der Waals surface area contributed by atoms with Gasteiger partial charge in [0.25, 0.3) is 0 Å². The summed E-state index contributed by atoms with van der Waals surface area (Å²) in [6.45, 7) is 8.16. The number of amides is 1. The SMILES string of the molecule is CC(C)(C)CCCC(=O)NCC(C)(C(=O)O)c1ccccc1. The number of carbonyl (C=O) groups is 2. The van der Waals surface area contributed by atoms with E-state index < -0.39 is 11.4 Å². The summed E-state index contributed by atoms with van der Waals surface area (Å²) >= 11 is 0. The molecule has 1 rings (SSSR count). The third kappa shape index (κ3) is 5.51. The summed E-state index contributed by atoms with van der Waals surface area (Å²) in [4.78, 5) is 23.6. The third-order valence-electron chi connectivity index (χ3n) is 3.85. The monoisotopic (exact) mass is 305 g/mol. The van der Waals surface area contributed by atoms with E-state index in [1.807, 2.05) is 18.2 Å². The van der Waals surface area contributed by atoms with Crippen LogP contribution in [0, 0.1) is 5.41 Å². The number of hydrogen-bond acceptors (Lipinski definition) is 2. The van der Waals surface area contributed by atoms with Gasteiger partial charge in [-0.15, -0.1) is 0 Å². The lowest BCUT2D eigenvalue weighted by atomic mass is 9.82. The van der Waals surface area contributed by atoms with Crippen LogP contribution in [0.3, 0.4) is 0 Å². The van der Waals surface area contributed by atoms with E-state index in [2.05, 4.69) is 26.1 Å². The van der Waals surface area contributed by atoms with Gasteiger partial charge in [0.15, 0.2) is 0 Å². The van der Waals surface area contributed by atoms with Crippen molar-refractivity contribution in [2.24, 2.45) is 5.41 Å². The van der Waals surface area contributed by atoms with E-state index in [1.165, 1.54) is 0 Å². The van der Waals surface area contributed by atoms with E-state index in [9.17, 15) is 14.7 Å². The number of carboxylic acid groups (broad SMARTS) is 1. The van der Waals surface area contributed by atoms with Crippen LogP contribution in [0.5, 0.6) is 0 Å². The van der Waals surface area contributed by atoms with Gasteiger partial charge < -0.3 is 10.4 Å². The minimum absolute atomic E-state index is 0.0901. The lowest BCUT2D eigenvalue weighted by Gasteiger charge is -2.26. The fourth-order valence-electron chi connectivity index (χ4n) is 2.25. The topological polar surface area (TPSA) is 66.4 Å². The second-order valence-electron chi connectivity index (χ2n) is 7.19. The van der Waals surface area contributed by atoms with Crippen LogP contribution in [0.1, 0.15) is 52.5 Å². The predicted octanol–water partition coefficient (Wildman–Crippen LogP) is 3.36. The molecule has 1 amide bonds. The summed E-state index contributed by atoms with van der Waals surface area (Å²) in [5.41, 5.74) is -0.210. The first-order valence-corrected chi connectivity index (χ1v) is 7.71. The molecule has 0 aromatic heterocycles. The molecule has 0 radical (unpaired) electrons. The van der Waals surface area contributed by atoms with Crippen molar-refractivity contribution >= 4 is 11.9 Å². The Morgan fingerprint density at radius 2 is 1.68 bits per heavy atom. The molecular formula is C18H27NO3. The number of carboxylic acids is 1. The Balaban J connectivity index is 2.59. The van der Waals surface area contributed by atoms with E-state index in [0.29, 0.717) is 12.0 Å². The Bertz CT molecular complexity index is 505. The second kappa shape index (κ2) is 7.43. The van der Waals surface area contributed by atoms with E-state index >= 15 is 0 Å². The highest BCUT2D eigenvalue weighted by Crippen LogP contribution is 2.24.